The summed E-state index contributed by atoms with van der Waals surface area (Å²) < 4.78 is 12.2. The normalized spacial score (nSPS) is 15.2. The molecule has 0 saturated carbocycles. The summed E-state index contributed by atoms with van der Waals surface area (Å²) in [4.78, 5) is 19.6. The Labute approximate surface area is 163 Å². The van der Waals surface area contributed by atoms with Crippen molar-refractivity contribution >= 4 is 28.1 Å². The van der Waals surface area contributed by atoms with Gasteiger partial charge < -0.3 is 19.4 Å². The van der Waals surface area contributed by atoms with Crippen LogP contribution >= 0.6 is 0 Å². The number of hydrogen-bond acceptors (Lipinski definition) is 6. The fourth-order valence-electron chi connectivity index (χ4n) is 3.48. The molecule has 6 nitrogen and oxygen atoms in total. The van der Waals surface area contributed by atoms with Crippen molar-refractivity contribution in [3.05, 3.63) is 51.8 Å². The second-order valence-electron chi connectivity index (χ2n) is 7.95. The van der Waals surface area contributed by atoms with Gasteiger partial charge in [0.25, 0.3) is 0 Å². The first-order valence-corrected chi connectivity index (χ1v) is 9.47. The van der Waals surface area contributed by atoms with Crippen LogP contribution in [0.4, 0.5) is 0 Å². The molecule has 4 rings (SSSR count). The highest BCUT2D eigenvalue weighted by molar-refractivity contribution is 5.94. The largest absolute Gasteiger partial charge is 0.483 e. The van der Waals surface area contributed by atoms with Crippen LogP contribution in [-0.2, 0) is 6.54 Å². The second-order valence-corrected chi connectivity index (χ2v) is 7.95. The fourth-order valence-corrected chi connectivity index (χ4v) is 3.48. The number of pyridine rings is 1. The van der Waals surface area contributed by atoms with Crippen LogP contribution in [0.2, 0.25) is 0 Å². The van der Waals surface area contributed by atoms with Crippen molar-refractivity contribution in [3.63, 3.8) is 0 Å². The summed E-state index contributed by atoms with van der Waals surface area (Å²) in [5.74, 6) is 0.725. The molecule has 0 radical (unpaired) electrons. The van der Waals surface area contributed by atoms with Crippen molar-refractivity contribution in [2.24, 2.45) is 0 Å². The summed E-state index contributed by atoms with van der Waals surface area (Å²) in [7, 11) is 4.07. The molecular formula is C22H25N3O3. The summed E-state index contributed by atoms with van der Waals surface area (Å²) in [5, 5.41) is 4.52. The van der Waals surface area contributed by atoms with E-state index in [9.17, 15) is 4.79 Å². The Morgan fingerprint density at radius 3 is 2.89 bits per heavy atom. The maximum absolute atomic E-state index is 13.3. The van der Waals surface area contributed by atoms with Gasteiger partial charge in [-0.25, -0.2) is 4.98 Å². The van der Waals surface area contributed by atoms with Crippen molar-refractivity contribution in [2.75, 3.05) is 27.2 Å². The third-order valence-electron chi connectivity index (χ3n) is 4.91. The molecule has 1 aromatic carbocycles. The number of ether oxygens (including phenoxy) is 1. The van der Waals surface area contributed by atoms with Crippen LogP contribution in [0.15, 0.2) is 39.7 Å². The minimum absolute atomic E-state index is 0.0604. The third kappa shape index (κ3) is 3.41. The molecule has 0 saturated heterocycles. The zero-order valence-corrected chi connectivity index (χ0v) is 16.7. The molecule has 0 atom stereocenters. The van der Waals surface area contributed by atoms with E-state index in [1.165, 1.54) is 0 Å². The number of likely N-dealkylation sites (N-methyl/N-ethyl adjacent to an activating group) is 1. The van der Waals surface area contributed by atoms with Gasteiger partial charge in [-0.1, -0.05) is 6.08 Å². The Kier molecular flexibility index (Phi) is 4.69. The zero-order valence-electron chi connectivity index (χ0n) is 16.7. The minimum atomic E-state index is -0.411. The van der Waals surface area contributed by atoms with Gasteiger partial charge in [0.2, 0.25) is 11.1 Å². The van der Waals surface area contributed by atoms with Gasteiger partial charge in [-0.15, -0.1) is 0 Å². The summed E-state index contributed by atoms with van der Waals surface area (Å²) in [6.07, 6.45) is 5.70. The highest BCUT2D eigenvalue weighted by atomic mass is 16.5. The lowest BCUT2D eigenvalue weighted by molar-refractivity contribution is 0.159. The fraction of sp³-hybridized carbons (Fsp3) is 0.364. The maximum Gasteiger partial charge on any atom is 0.230 e. The summed E-state index contributed by atoms with van der Waals surface area (Å²) in [6.45, 7) is 6.29. The molecule has 0 unspecified atom stereocenters. The minimum Gasteiger partial charge on any atom is -0.483 e. The van der Waals surface area contributed by atoms with Gasteiger partial charge in [-0.3, -0.25) is 4.79 Å². The van der Waals surface area contributed by atoms with E-state index in [4.69, 9.17) is 9.15 Å². The van der Waals surface area contributed by atoms with Crippen LogP contribution in [-0.4, -0.2) is 42.7 Å². The molecule has 3 aromatic rings. The molecule has 1 N–H and O–H groups in total. The van der Waals surface area contributed by atoms with Gasteiger partial charge in [0.05, 0.1) is 10.8 Å². The lowest BCUT2D eigenvalue weighted by atomic mass is 9.95. The van der Waals surface area contributed by atoms with Crippen LogP contribution in [0.3, 0.4) is 0 Å². The molecule has 28 heavy (non-hydrogen) atoms. The Morgan fingerprint density at radius 1 is 1.29 bits per heavy atom. The van der Waals surface area contributed by atoms with E-state index in [0.717, 1.165) is 30.0 Å². The average molecular weight is 379 g/mol. The molecule has 3 heterocycles. The molecule has 1 aliphatic heterocycles. The second kappa shape index (κ2) is 7.04. The first-order chi connectivity index (χ1) is 13.4. The van der Waals surface area contributed by atoms with Gasteiger partial charge >= 0.3 is 0 Å². The Balaban J connectivity index is 1.91. The molecule has 2 aromatic heterocycles. The zero-order chi connectivity index (χ0) is 19.9. The number of hydrogen-bond donors (Lipinski definition) is 1. The third-order valence-corrected chi connectivity index (χ3v) is 4.91. The molecule has 0 aliphatic carbocycles. The van der Waals surface area contributed by atoms with Crippen LogP contribution in [0.1, 0.15) is 25.0 Å². The molecule has 0 fully saturated rings. The van der Waals surface area contributed by atoms with E-state index in [2.05, 4.69) is 15.2 Å². The summed E-state index contributed by atoms with van der Waals surface area (Å²) in [5.41, 5.74) is 2.21. The average Bonchev–Trinajstić information content (AvgIpc) is 2.63. The van der Waals surface area contributed by atoms with E-state index >= 15 is 0 Å². The Morgan fingerprint density at radius 2 is 2.11 bits per heavy atom. The summed E-state index contributed by atoms with van der Waals surface area (Å²) >= 11 is 0. The van der Waals surface area contributed by atoms with Gasteiger partial charge in [-0.05, 0) is 51.7 Å². The molecule has 1 aliphatic rings. The molecule has 0 bridgehead atoms. The van der Waals surface area contributed by atoms with E-state index in [-0.39, 0.29) is 5.43 Å². The lowest BCUT2D eigenvalue weighted by Crippen LogP contribution is -2.29. The van der Waals surface area contributed by atoms with E-state index in [1.54, 1.807) is 18.3 Å². The number of nitrogens with zero attached hydrogens (tertiary/aromatic N) is 2. The van der Waals surface area contributed by atoms with Crippen molar-refractivity contribution in [1.29, 1.82) is 0 Å². The quantitative estimate of drug-likeness (QED) is 0.542. The number of rotatable bonds is 5. The van der Waals surface area contributed by atoms with Gasteiger partial charge in [0.15, 0.2) is 0 Å². The predicted octanol–water partition coefficient (Wildman–Crippen LogP) is 3.18. The smallest absolute Gasteiger partial charge is 0.230 e. The Hall–Kier alpha value is -2.70. The van der Waals surface area contributed by atoms with E-state index in [1.807, 2.05) is 46.2 Å². The van der Waals surface area contributed by atoms with Crippen LogP contribution in [0, 0.1) is 0 Å². The number of aromatic nitrogens is 1. The number of fused-ring (bicyclic) bond motifs is 3. The first kappa shape index (κ1) is 18.7. The molecule has 6 heteroatoms. The van der Waals surface area contributed by atoms with Crippen LogP contribution in [0.5, 0.6) is 5.75 Å². The molecule has 0 amide bonds. The maximum atomic E-state index is 13.3. The molecular weight excluding hydrogens is 354 g/mol. The monoisotopic (exact) mass is 379 g/mol. The molecule has 146 valence electrons. The standard InChI is InChI=1S/C22H25N3O3/c1-22(2)8-7-14-16(13-23-10-11-25(3)4)19-18(12-17(14)28-22)27-21-15(20(19)26)6-5-9-24-21/h5-9,12,23H,10-11,13H2,1-4H3. The van der Waals surface area contributed by atoms with Gasteiger partial charge in [0, 0.05) is 37.5 Å². The molecule has 0 spiro atoms. The van der Waals surface area contributed by atoms with Gasteiger partial charge in [-0.2, -0.15) is 0 Å². The van der Waals surface area contributed by atoms with E-state index < -0.39 is 5.60 Å². The highest BCUT2D eigenvalue weighted by Crippen LogP contribution is 2.37. The van der Waals surface area contributed by atoms with E-state index in [0.29, 0.717) is 28.6 Å². The van der Waals surface area contributed by atoms with Crippen molar-refractivity contribution in [3.8, 4) is 5.75 Å². The SMILES string of the molecule is CN(C)CCNCc1c2c(cc3oc4ncccc4c(=O)c13)OC(C)(C)C=C2. The number of benzene rings is 1. The van der Waals surface area contributed by atoms with Crippen molar-refractivity contribution in [1.82, 2.24) is 15.2 Å². The van der Waals surface area contributed by atoms with Crippen molar-refractivity contribution in [2.45, 2.75) is 26.0 Å². The lowest BCUT2D eigenvalue weighted by Gasteiger charge is -2.29. The predicted molar refractivity (Wildman–Crippen MR) is 112 cm³/mol. The van der Waals surface area contributed by atoms with Crippen LogP contribution in [0.25, 0.3) is 28.1 Å². The Bertz CT molecular complexity index is 1130. The first-order valence-electron chi connectivity index (χ1n) is 9.47. The van der Waals surface area contributed by atoms with Crippen LogP contribution < -0.4 is 15.5 Å². The highest BCUT2D eigenvalue weighted by Gasteiger charge is 2.26. The van der Waals surface area contributed by atoms with Crippen molar-refractivity contribution < 1.29 is 9.15 Å². The van der Waals surface area contributed by atoms with Gasteiger partial charge in [0.1, 0.15) is 16.9 Å². The number of nitrogens with one attached hydrogen (secondary N) is 1. The topological polar surface area (TPSA) is 67.6 Å². The summed E-state index contributed by atoms with van der Waals surface area (Å²) in [6, 6.07) is 5.32.